The van der Waals surface area contributed by atoms with E-state index in [0.717, 1.165) is 10.0 Å². The minimum absolute atomic E-state index is 0.148. The van der Waals surface area contributed by atoms with E-state index in [0.29, 0.717) is 33.8 Å². The number of likely N-dealkylation sites (N-methyl/N-ethyl adjacent to an activating group) is 1. The molecule has 30 heavy (non-hydrogen) atoms. The number of carbonyl (C=O) groups is 2. The number of hydrogen-bond acceptors (Lipinski definition) is 6. The molecule has 0 saturated carbocycles. The number of benzene rings is 2. The van der Waals surface area contributed by atoms with E-state index in [9.17, 15) is 9.59 Å². The summed E-state index contributed by atoms with van der Waals surface area (Å²) < 4.78 is 11.4. The van der Waals surface area contributed by atoms with Gasteiger partial charge < -0.3 is 14.6 Å². The molecular weight excluding hydrogens is 472 g/mol. The van der Waals surface area contributed by atoms with Crippen LogP contribution in [-0.2, 0) is 4.79 Å². The van der Waals surface area contributed by atoms with Gasteiger partial charge >= 0.3 is 5.97 Å². The molecule has 1 aliphatic heterocycles. The van der Waals surface area contributed by atoms with Crippen molar-refractivity contribution >= 4 is 56.5 Å². The highest BCUT2D eigenvalue weighted by molar-refractivity contribution is 9.10. The van der Waals surface area contributed by atoms with Crippen LogP contribution in [-0.4, -0.2) is 47.8 Å². The van der Waals surface area contributed by atoms with Crippen LogP contribution in [0.25, 0.3) is 6.08 Å². The molecule has 0 radical (unpaired) electrons. The smallest absolute Gasteiger partial charge is 0.335 e. The number of hydrogen-bond donors (Lipinski definition) is 1. The van der Waals surface area contributed by atoms with Gasteiger partial charge in [0.05, 0.1) is 30.4 Å². The first-order chi connectivity index (χ1) is 14.4. The van der Waals surface area contributed by atoms with Crippen LogP contribution in [0.4, 0.5) is 5.69 Å². The second-order valence-corrected chi connectivity index (χ2v) is 8.00. The van der Waals surface area contributed by atoms with Crippen LogP contribution in [0.5, 0.6) is 11.5 Å². The molecule has 0 spiro atoms. The summed E-state index contributed by atoms with van der Waals surface area (Å²) in [5.41, 5.74) is 1.52. The van der Waals surface area contributed by atoms with Crippen molar-refractivity contribution in [2.24, 2.45) is 4.99 Å². The average Bonchev–Trinajstić information content (AvgIpc) is 3.03. The summed E-state index contributed by atoms with van der Waals surface area (Å²) >= 11 is 4.77. The molecule has 0 bridgehead atoms. The summed E-state index contributed by atoms with van der Waals surface area (Å²) in [7, 11) is 3.11. The van der Waals surface area contributed by atoms with Gasteiger partial charge in [0.25, 0.3) is 5.91 Å². The zero-order valence-electron chi connectivity index (χ0n) is 16.5. The quantitative estimate of drug-likeness (QED) is 0.585. The number of aromatic carboxylic acids is 1. The third-order valence-electron chi connectivity index (χ3n) is 4.33. The Morgan fingerprint density at radius 1 is 1.20 bits per heavy atom. The fraction of sp³-hybridized carbons (Fsp3) is 0.190. The molecule has 1 N–H and O–H groups in total. The molecule has 0 aromatic heterocycles. The maximum Gasteiger partial charge on any atom is 0.335 e. The number of aliphatic imine (C=N–C) groups is 1. The second-order valence-electron chi connectivity index (χ2n) is 6.14. The number of methoxy groups -OCH3 is 2. The summed E-state index contributed by atoms with van der Waals surface area (Å²) in [4.78, 5) is 30.5. The van der Waals surface area contributed by atoms with Crippen molar-refractivity contribution in [3.05, 3.63) is 56.9 Å². The topological polar surface area (TPSA) is 88.4 Å². The van der Waals surface area contributed by atoms with Gasteiger partial charge in [-0.05, 0) is 66.7 Å². The van der Waals surface area contributed by atoms with Crippen molar-refractivity contribution in [3.63, 3.8) is 0 Å². The van der Waals surface area contributed by atoms with Crippen LogP contribution in [0, 0.1) is 0 Å². The SMILES string of the molecule is CCN1C(=O)/C(=C\c2cc(OC)c(OC)cc2Br)SC1=Nc1ccc(C(=O)O)cc1. The first kappa shape index (κ1) is 21.9. The van der Waals surface area contributed by atoms with Crippen molar-refractivity contribution < 1.29 is 24.2 Å². The molecule has 7 nitrogen and oxygen atoms in total. The first-order valence-corrected chi connectivity index (χ1v) is 10.5. The number of rotatable bonds is 6. The number of nitrogens with zero attached hydrogens (tertiary/aromatic N) is 2. The Hall–Kier alpha value is -2.78. The number of ether oxygens (including phenoxy) is 2. The molecule has 0 atom stereocenters. The van der Waals surface area contributed by atoms with Gasteiger partial charge in [-0.3, -0.25) is 9.69 Å². The molecular formula is C21H19BrN2O5S. The van der Waals surface area contributed by atoms with Gasteiger partial charge in [-0.1, -0.05) is 15.9 Å². The maximum atomic E-state index is 12.9. The third kappa shape index (κ3) is 4.52. The largest absolute Gasteiger partial charge is 0.493 e. The predicted molar refractivity (Wildman–Crippen MR) is 121 cm³/mol. The molecule has 3 rings (SSSR count). The Labute approximate surface area is 186 Å². The summed E-state index contributed by atoms with van der Waals surface area (Å²) in [6.07, 6.45) is 1.78. The van der Waals surface area contributed by atoms with Gasteiger partial charge in [-0.25, -0.2) is 9.79 Å². The lowest BCUT2D eigenvalue weighted by atomic mass is 10.2. The number of carbonyl (C=O) groups excluding carboxylic acids is 1. The molecule has 1 saturated heterocycles. The fourth-order valence-corrected chi connectivity index (χ4v) is 4.27. The number of carboxylic acids is 1. The normalized spacial score (nSPS) is 16.4. The standard InChI is InChI=1S/C21H19BrN2O5S/c1-4-24-19(25)18(10-13-9-16(28-2)17(29-3)11-15(13)22)30-21(24)23-14-7-5-12(6-8-14)20(26)27/h5-11H,4H2,1-3H3,(H,26,27)/b18-10+,23-21?. The third-order valence-corrected chi connectivity index (χ3v) is 6.03. The lowest BCUT2D eigenvalue weighted by molar-refractivity contribution is -0.122. The Bertz CT molecular complexity index is 1050. The van der Waals surface area contributed by atoms with Gasteiger partial charge in [0, 0.05) is 11.0 Å². The summed E-state index contributed by atoms with van der Waals surface area (Å²) in [6, 6.07) is 9.77. The minimum Gasteiger partial charge on any atom is -0.493 e. The van der Waals surface area contributed by atoms with Crippen LogP contribution >= 0.6 is 27.7 Å². The lowest BCUT2D eigenvalue weighted by Crippen LogP contribution is -2.28. The van der Waals surface area contributed by atoms with Crippen molar-refractivity contribution in [1.82, 2.24) is 4.90 Å². The average molecular weight is 491 g/mol. The first-order valence-electron chi connectivity index (χ1n) is 8.93. The highest BCUT2D eigenvalue weighted by Crippen LogP contribution is 2.38. The molecule has 1 amide bonds. The van der Waals surface area contributed by atoms with E-state index in [1.54, 1.807) is 49.5 Å². The maximum absolute atomic E-state index is 12.9. The fourth-order valence-electron chi connectivity index (χ4n) is 2.78. The Kier molecular flexibility index (Phi) is 6.84. The van der Waals surface area contributed by atoms with Gasteiger partial charge in [-0.2, -0.15) is 0 Å². The molecule has 1 fully saturated rings. The van der Waals surface area contributed by atoms with E-state index in [1.807, 2.05) is 6.92 Å². The predicted octanol–water partition coefficient (Wildman–Crippen LogP) is 4.79. The van der Waals surface area contributed by atoms with Crippen LogP contribution in [0.3, 0.4) is 0 Å². The van der Waals surface area contributed by atoms with Crippen LogP contribution in [0.15, 0.2) is 50.8 Å². The number of thioether (sulfide) groups is 1. The Morgan fingerprint density at radius 3 is 2.40 bits per heavy atom. The van der Waals surface area contributed by atoms with Crippen LogP contribution < -0.4 is 9.47 Å². The number of carboxylic acid groups (broad SMARTS) is 1. The summed E-state index contributed by atoms with van der Waals surface area (Å²) in [5.74, 6) is -0.00691. The molecule has 0 unspecified atom stereocenters. The second kappa shape index (κ2) is 9.36. The molecule has 1 aliphatic rings. The van der Waals surface area contributed by atoms with Crippen molar-refractivity contribution in [3.8, 4) is 11.5 Å². The zero-order chi connectivity index (χ0) is 21.8. The number of halogens is 1. The van der Waals surface area contributed by atoms with Crippen LogP contribution in [0.2, 0.25) is 0 Å². The van der Waals surface area contributed by atoms with Crippen molar-refractivity contribution in [2.75, 3.05) is 20.8 Å². The Balaban J connectivity index is 1.95. The lowest BCUT2D eigenvalue weighted by Gasteiger charge is -2.12. The van der Waals surface area contributed by atoms with E-state index in [4.69, 9.17) is 14.6 Å². The molecule has 2 aromatic carbocycles. The highest BCUT2D eigenvalue weighted by atomic mass is 79.9. The van der Waals surface area contributed by atoms with E-state index >= 15 is 0 Å². The van der Waals surface area contributed by atoms with E-state index in [2.05, 4.69) is 20.9 Å². The Morgan fingerprint density at radius 2 is 1.83 bits per heavy atom. The molecule has 156 valence electrons. The summed E-state index contributed by atoms with van der Waals surface area (Å²) in [6.45, 7) is 2.33. The molecule has 2 aromatic rings. The van der Waals surface area contributed by atoms with Crippen LogP contribution in [0.1, 0.15) is 22.8 Å². The monoisotopic (exact) mass is 490 g/mol. The van der Waals surface area contributed by atoms with E-state index in [-0.39, 0.29) is 11.5 Å². The van der Waals surface area contributed by atoms with Gasteiger partial charge in [-0.15, -0.1) is 0 Å². The number of amides is 1. The highest BCUT2D eigenvalue weighted by Gasteiger charge is 2.32. The molecule has 1 heterocycles. The van der Waals surface area contributed by atoms with Crippen molar-refractivity contribution in [1.29, 1.82) is 0 Å². The van der Waals surface area contributed by atoms with Crippen molar-refractivity contribution in [2.45, 2.75) is 6.92 Å². The van der Waals surface area contributed by atoms with Gasteiger partial charge in [0.1, 0.15) is 0 Å². The van der Waals surface area contributed by atoms with Gasteiger partial charge in [0.15, 0.2) is 16.7 Å². The molecule has 9 heteroatoms. The zero-order valence-corrected chi connectivity index (χ0v) is 18.9. The minimum atomic E-state index is -1.000. The summed E-state index contributed by atoms with van der Waals surface area (Å²) in [5, 5.41) is 9.56. The number of amidine groups is 1. The van der Waals surface area contributed by atoms with E-state index in [1.165, 1.54) is 23.9 Å². The van der Waals surface area contributed by atoms with Gasteiger partial charge in [0.2, 0.25) is 0 Å². The van der Waals surface area contributed by atoms with E-state index < -0.39 is 5.97 Å². The molecule has 0 aliphatic carbocycles.